The number of hydrogen-bond donors (Lipinski definition) is 0. The number of halogens is 4. The molecule has 0 radical (unpaired) electrons. The quantitative estimate of drug-likeness (QED) is 0.699. The Morgan fingerprint density at radius 1 is 1.36 bits per heavy atom. The third kappa shape index (κ3) is 2.32. The standard InChI is InChI=1S/C9H8ClF3O/c1-14-8-4-7(9(11,12)13)3-2-6(8)5-10/h2-4H,5H2,1H3. The Morgan fingerprint density at radius 3 is 2.43 bits per heavy atom. The first kappa shape index (κ1) is 11.2. The molecule has 1 nitrogen and oxygen atoms in total. The molecule has 0 bridgehead atoms. The molecule has 0 aliphatic heterocycles. The van der Waals surface area contributed by atoms with Crippen LogP contribution in [0.1, 0.15) is 11.1 Å². The maximum atomic E-state index is 12.3. The maximum absolute atomic E-state index is 12.3. The number of benzene rings is 1. The van der Waals surface area contributed by atoms with Crippen LogP contribution in [0.2, 0.25) is 0 Å². The monoisotopic (exact) mass is 224 g/mol. The van der Waals surface area contributed by atoms with Crippen LogP contribution in [0.15, 0.2) is 18.2 Å². The van der Waals surface area contributed by atoms with Crippen molar-refractivity contribution in [2.75, 3.05) is 7.11 Å². The molecule has 0 unspecified atom stereocenters. The topological polar surface area (TPSA) is 9.23 Å². The van der Waals surface area contributed by atoms with E-state index in [4.69, 9.17) is 16.3 Å². The van der Waals surface area contributed by atoms with E-state index in [1.807, 2.05) is 0 Å². The number of hydrogen-bond acceptors (Lipinski definition) is 1. The summed E-state index contributed by atoms with van der Waals surface area (Å²) in [6.07, 6.45) is -4.35. The summed E-state index contributed by atoms with van der Waals surface area (Å²) in [6.45, 7) is 0. The predicted molar refractivity (Wildman–Crippen MR) is 47.6 cm³/mol. The van der Waals surface area contributed by atoms with E-state index in [1.165, 1.54) is 13.2 Å². The van der Waals surface area contributed by atoms with E-state index in [1.54, 1.807) is 0 Å². The smallest absolute Gasteiger partial charge is 0.416 e. The normalized spacial score (nSPS) is 11.5. The Balaban J connectivity index is 3.14. The first-order valence-electron chi connectivity index (χ1n) is 3.79. The van der Waals surface area contributed by atoms with Crippen LogP contribution in [-0.2, 0) is 12.1 Å². The summed E-state index contributed by atoms with van der Waals surface area (Å²) in [5.74, 6) is 0.288. The van der Waals surface area contributed by atoms with Gasteiger partial charge in [0.25, 0.3) is 0 Å². The summed E-state index contributed by atoms with van der Waals surface area (Å²) in [5.41, 5.74) is -0.189. The minimum atomic E-state index is -4.35. The molecule has 1 aromatic rings. The highest BCUT2D eigenvalue weighted by molar-refractivity contribution is 6.17. The van der Waals surface area contributed by atoms with Gasteiger partial charge in [0.05, 0.1) is 18.6 Å². The zero-order chi connectivity index (χ0) is 10.8. The van der Waals surface area contributed by atoms with Crippen LogP contribution in [0.4, 0.5) is 13.2 Å². The minimum absolute atomic E-state index is 0.126. The molecule has 0 aromatic heterocycles. The Bertz CT molecular complexity index is 322. The van der Waals surface area contributed by atoms with Crippen LogP contribution < -0.4 is 4.74 Å². The highest BCUT2D eigenvalue weighted by Crippen LogP contribution is 2.33. The molecule has 78 valence electrons. The molecule has 0 atom stereocenters. The van der Waals surface area contributed by atoms with E-state index in [2.05, 4.69) is 0 Å². The van der Waals surface area contributed by atoms with Crippen molar-refractivity contribution < 1.29 is 17.9 Å². The molecule has 0 saturated carbocycles. The van der Waals surface area contributed by atoms with Crippen molar-refractivity contribution in [3.05, 3.63) is 29.3 Å². The molecular formula is C9H8ClF3O. The van der Waals surface area contributed by atoms with Crippen molar-refractivity contribution in [1.82, 2.24) is 0 Å². The second-order valence-electron chi connectivity index (χ2n) is 2.66. The van der Waals surface area contributed by atoms with Gasteiger partial charge in [-0.3, -0.25) is 0 Å². The Morgan fingerprint density at radius 2 is 2.00 bits per heavy atom. The van der Waals surface area contributed by atoms with Gasteiger partial charge in [0.15, 0.2) is 0 Å². The fourth-order valence-electron chi connectivity index (χ4n) is 1.03. The number of alkyl halides is 4. The average Bonchev–Trinajstić information content (AvgIpc) is 2.15. The van der Waals surface area contributed by atoms with Gasteiger partial charge in [-0.1, -0.05) is 6.07 Å². The third-order valence-electron chi connectivity index (χ3n) is 1.76. The summed E-state index contributed by atoms with van der Waals surface area (Å²) in [6, 6.07) is 3.24. The zero-order valence-electron chi connectivity index (χ0n) is 7.36. The van der Waals surface area contributed by atoms with Crippen LogP contribution in [0, 0.1) is 0 Å². The second kappa shape index (κ2) is 4.09. The molecule has 0 aliphatic rings. The van der Waals surface area contributed by atoms with Gasteiger partial charge in [-0.25, -0.2) is 0 Å². The first-order valence-corrected chi connectivity index (χ1v) is 4.32. The number of rotatable bonds is 2. The molecule has 0 spiro atoms. The van der Waals surface area contributed by atoms with Crippen LogP contribution in [0.3, 0.4) is 0 Å². The molecule has 0 aliphatic carbocycles. The highest BCUT2D eigenvalue weighted by atomic mass is 35.5. The van der Waals surface area contributed by atoms with Gasteiger partial charge in [-0.15, -0.1) is 11.6 Å². The molecule has 5 heteroatoms. The van der Waals surface area contributed by atoms with Crippen molar-refractivity contribution in [3.63, 3.8) is 0 Å². The van der Waals surface area contributed by atoms with Crippen LogP contribution in [0.25, 0.3) is 0 Å². The van der Waals surface area contributed by atoms with Gasteiger partial charge < -0.3 is 4.74 Å². The minimum Gasteiger partial charge on any atom is -0.496 e. The molecule has 1 aromatic carbocycles. The Kier molecular flexibility index (Phi) is 3.26. The predicted octanol–water partition coefficient (Wildman–Crippen LogP) is 3.45. The molecular weight excluding hydrogens is 217 g/mol. The molecule has 0 fully saturated rings. The molecule has 0 amide bonds. The summed E-state index contributed by atoms with van der Waals surface area (Å²) in [7, 11) is 1.31. The van der Waals surface area contributed by atoms with Crippen molar-refractivity contribution >= 4 is 11.6 Å². The third-order valence-corrected chi connectivity index (χ3v) is 2.05. The van der Waals surface area contributed by atoms with Crippen molar-refractivity contribution in [2.24, 2.45) is 0 Å². The SMILES string of the molecule is COc1cc(C(F)(F)F)ccc1CCl. The molecule has 0 N–H and O–H groups in total. The summed E-state index contributed by atoms with van der Waals surface area (Å²) < 4.78 is 41.5. The number of ether oxygens (including phenoxy) is 1. The van der Waals surface area contributed by atoms with Crippen LogP contribution in [0.5, 0.6) is 5.75 Å². The Hall–Kier alpha value is -0.900. The highest BCUT2D eigenvalue weighted by Gasteiger charge is 2.31. The maximum Gasteiger partial charge on any atom is 0.416 e. The molecule has 14 heavy (non-hydrogen) atoms. The summed E-state index contributed by atoms with van der Waals surface area (Å²) >= 11 is 5.52. The lowest BCUT2D eigenvalue weighted by molar-refractivity contribution is -0.137. The van der Waals surface area contributed by atoms with Gasteiger partial charge in [-0.2, -0.15) is 13.2 Å². The average molecular weight is 225 g/mol. The fraction of sp³-hybridized carbons (Fsp3) is 0.333. The van der Waals surface area contributed by atoms with E-state index in [-0.39, 0.29) is 11.6 Å². The fourth-order valence-corrected chi connectivity index (χ4v) is 1.25. The van der Waals surface area contributed by atoms with E-state index in [9.17, 15) is 13.2 Å². The lowest BCUT2D eigenvalue weighted by Gasteiger charge is -2.10. The van der Waals surface area contributed by atoms with E-state index >= 15 is 0 Å². The zero-order valence-corrected chi connectivity index (χ0v) is 8.12. The van der Waals surface area contributed by atoms with Gasteiger partial charge in [0.2, 0.25) is 0 Å². The van der Waals surface area contributed by atoms with Gasteiger partial charge in [-0.05, 0) is 12.1 Å². The molecule has 0 heterocycles. The second-order valence-corrected chi connectivity index (χ2v) is 2.93. The first-order chi connectivity index (χ1) is 6.49. The molecule has 0 saturated heterocycles. The Labute approximate surface area is 84.4 Å². The lowest BCUT2D eigenvalue weighted by atomic mass is 10.1. The summed E-state index contributed by atoms with van der Waals surface area (Å²) in [4.78, 5) is 0. The van der Waals surface area contributed by atoms with E-state index in [0.717, 1.165) is 12.1 Å². The largest absolute Gasteiger partial charge is 0.496 e. The lowest BCUT2D eigenvalue weighted by Crippen LogP contribution is -2.05. The van der Waals surface area contributed by atoms with Crippen molar-refractivity contribution in [2.45, 2.75) is 12.1 Å². The van der Waals surface area contributed by atoms with E-state index in [0.29, 0.717) is 5.56 Å². The van der Waals surface area contributed by atoms with Gasteiger partial charge in [0, 0.05) is 5.56 Å². The van der Waals surface area contributed by atoms with Gasteiger partial charge >= 0.3 is 6.18 Å². The van der Waals surface area contributed by atoms with Crippen LogP contribution >= 0.6 is 11.6 Å². The van der Waals surface area contributed by atoms with E-state index < -0.39 is 11.7 Å². The summed E-state index contributed by atoms with van der Waals surface area (Å²) in [5, 5.41) is 0. The van der Waals surface area contributed by atoms with Crippen LogP contribution in [-0.4, -0.2) is 7.11 Å². The van der Waals surface area contributed by atoms with Gasteiger partial charge in [0.1, 0.15) is 5.75 Å². The van der Waals surface area contributed by atoms with Crippen molar-refractivity contribution in [3.8, 4) is 5.75 Å². The molecule has 1 rings (SSSR count). The van der Waals surface area contributed by atoms with Crippen molar-refractivity contribution in [1.29, 1.82) is 0 Å². The number of methoxy groups -OCH3 is 1.